The molecule has 1 aliphatic heterocycles. The van der Waals surface area contributed by atoms with Crippen molar-refractivity contribution >= 4 is 11.6 Å². The van der Waals surface area contributed by atoms with Crippen molar-refractivity contribution in [2.75, 3.05) is 36.6 Å². The Morgan fingerprint density at radius 1 is 1.21 bits per heavy atom. The van der Waals surface area contributed by atoms with Crippen molar-refractivity contribution < 1.29 is 18.3 Å². The number of alkyl halides is 2. The summed E-state index contributed by atoms with van der Waals surface area (Å²) in [5.74, 6) is -0.747. The van der Waals surface area contributed by atoms with Gasteiger partial charge in [-0.2, -0.15) is 15.1 Å². The molecular weight excluding hydrogens is 430 g/mol. The summed E-state index contributed by atoms with van der Waals surface area (Å²) < 4.78 is 40.6. The number of anilines is 2. The van der Waals surface area contributed by atoms with Crippen LogP contribution in [0.25, 0.3) is 5.95 Å². The van der Waals surface area contributed by atoms with Gasteiger partial charge in [0.15, 0.2) is 0 Å². The molecule has 2 fully saturated rings. The molecule has 1 unspecified atom stereocenters. The Morgan fingerprint density at radius 3 is 2.64 bits per heavy atom. The van der Waals surface area contributed by atoms with Crippen molar-refractivity contribution in [1.82, 2.24) is 19.7 Å². The molecule has 8 nitrogen and oxygen atoms in total. The van der Waals surface area contributed by atoms with Gasteiger partial charge in [-0.25, -0.2) is 13.5 Å². The number of hydrogen-bond acceptors (Lipinski definition) is 7. The highest BCUT2D eigenvalue weighted by atomic mass is 19.3. The highest BCUT2D eigenvalue weighted by Gasteiger charge is 2.35. The van der Waals surface area contributed by atoms with Gasteiger partial charge in [-0.1, -0.05) is 0 Å². The van der Waals surface area contributed by atoms with E-state index in [0.717, 1.165) is 17.2 Å². The lowest BCUT2D eigenvalue weighted by Gasteiger charge is -2.37. The summed E-state index contributed by atoms with van der Waals surface area (Å²) in [5, 5.41) is 7.93. The van der Waals surface area contributed by atoms with Crippen LogP contribution in [0.3, 0.4) is 0 Å². The molecule has 2 aliphatic rings. The molecule has 1 atom stereocenters. The van der Waals surface area contributed by atoms with Crippen LogP contribution >= 0.6 is 0 Å². The van der Waals surface area contributed by atoms with Crippen LogP contribution in [-0.4, -0.2) is 70.2 Å². The van der Waals surface area contributed by atoms with E-state index in [-0.39, 0.29) is 31.0 Å². The van der Waals surface area contributed by atoms with Crippen LogP contribution in [0.15, 0.2) is 12.1 Å². The van der Waals surface area contributed by atoms with Gasteiger partial charge in [0, 0.05) is 37.2 Å². The van der Waals surface area contributed by atoms with Crippen LogP contribution in [-0.2, 0) is 9.47 Å². The summed E-state index contributed by atoms with van der Waals surface area (Å²) in [6, 6.07) is 3.84. The van der Waals surface area contributed by atoms with Gasteiger partial charge in [-0.3, -0.25) is 0 Å². The number of aromatic nitrogens is 4. The van der Waals surface area contributed by atoms with Crippen LogP contribution in [0.4, 0.5) is 20.4 Å². The molecule has 33 heavy (non-hydrogen) atoms. The Balaban J connectivity index is 1.64. The lowest BCUT2D eigenvalue weighted by molar-refractivity contribution is -0.0361. The van der Waals surface area contributed by atoms with Crippen molar-refractivity contribution in [3.05, 3.63) is 23.5 Å². The lowest BCUT2D eigenvalue weighted by atomic mass is 9.92. The van der Waals surface area contributed by atoms with Crippen molar-refractivity contribution in [3.8, 4) is 5.95 Å². The lowest BCUT2D eigenvalue weighted by Crippen LogP contribution is -2.49. The molecule has 0 aromatic carbocycles. The second-order valence-electron chi connectivity index (χ2n) is 9.33. The Hall–Kier alpha value is -2.33. The van der Waals surface area contributed by atoms with E-state index < -0.39 is 5.92 Å². The van der Waals surface area contributed by atoms with Gasteiger partial charge < -0.3 is 19.7 Å². The van der Waals surface area contributed by atoms with Gasteiger partial charge in [0.25, 0.3) is 5.95 Å². The van der Waals surface area contributed by atoms with E-state index in [4.69, 9.17) is 19.4 Å². The fraction of sp³-hybridized carbons (Fsp3) is 0.696. The molecule has 0 amide bonds. The third-order valence-corrected chi connectivity index (χ3v) is 6.11. The normalized spacial score (nSPS) is 21.5. The average Bonchev–Trinajstić information content (AvgIpc) is 3.11. The number of ether oxygens (including phenoxy) is 2. The Labute approximate surface area is 193 Å². The summed E-state index contributed by atoms with van der Waals surface area (Å²) >= 11 is 0. The van der Waals surface area contributed by atoms with Gasteiger partial charge in [-0.15, -0.1) is 0 Å². The van der Waals surface area contributed by atoms with E-state index in [9.17, 15) is 8.78 Å². The average molecular weight is 465 g/mol. The van der Waals surface area contributed by atoms with E-state index in [2.05, 4.69) is 15.3 Å². The highest BCUT2D eigenvalue weighted by molar-refractivity contribution is 5.53. The van der Waals surface area contributed by atoms with Gasteiger partial charge in [0.05, 0.1) is 37.7 Å². The minimum Gasteiger partial charge on any atom is -0.377 e. The first-order valence-corrected chi connectivity index (χ1v) is 11.7. The zero-order valence-electron chi connectivity index (χ0n) is 19.9. The van der Waals surface area contributed by atoms with E-state index in [1.165, 1.54) is 0 Å². The maximum absolute atomic E-state index is 13.6. The molecule has 0 bridgehead atoms. The molecule has 10 heteroatoms. The van der Waals surface area contributed by atoms with Crippen molar-refractivity contribution in [3.63, 3.8) is 0 Å². The largest absolute Gasteiger partial charge is 0.377 e. The van der Waals surface area contributed by atoms with Crippen molar-refractivity contribution in [2.45, 2.75) is 77.5 Å². The van der Waals surface area contributed by atoms with Crippen LogP contribution in [0.2, 0.25) is 0 Å². The molecule has 1 aliphatic carbocycles. The highest BCUT2D eigenvalue weighted by Crippen LogP contribution is 2.34. The number of nitrogens with one attached hydrogen (secondary N) is 1. The van der Waals surface area contributed by atoms with Gasteiger partial charge in [0.2, 0.25) is 5.92 Å². The van der Waals surface area contributed by atoms with E-state index in [1.807, 2.05) is 39.8 Å². The topological polar surface area (TPSA) is 77.3 Å². The summed E-state index contributed by atoms with van der Waals surface area (Å²) in [4.78, 5) is 11.7. The van der Waals surface area contributed by atoms with Gasteiger partial charge >= 0.3 is 0 Å². The first-order chi connectivity index (χ1) is 15.7. The second kappa shape index (κ2) is 9.89. The maximum Gasteiger partial charge on any atom is 0.254 e. The molecular formula is C23H34F2N6O2. The molecule has 2 aromatic rings. The number of morpholine rings is 1. The third-order valence-electron chi connectivity index (χ3n) is 6.11. The Morgan fingerprint density at radius 2 is 1.97 bits per heavy atom. The maximum atomic E-state index is 13.6. The number of halogens is 2. The van der Waals surface area contributed by atoms with E-state index in [1.54, 1.807) is 4.68 Å². The molecule has 0 spiro atoms. The summed E-state index contributed by atoms with van der Waals surface area (Å²) in [5.41, 5.74) is 1.80. The van der Waals surface area contributed by atoms with E-state index in [0.29, 0.717) is 51.0 Å². The quantitative estimate of drug-likeness (QED) is 0.666. The molecule has 4 rings (SSSR count). The molecule has 1 saturated carbocycles. The molecule has 1 saturated heterocycles. The molecule has 2 aromatic heterocycles. The van der Waals surface area contributed by atoms with Crippen LogP contribution in [0, 0.1) is 13.8 Å². The van der Waals surface area contributed by atoms with Crippen LogP contribution in [0.5, 0.6) is 0 Å². The second-order valence-corrected chi connectivity index (χ2v) is 9.33. The number of hydrogen-bond donors (Lipinski definition) is 1. The minimum absolute atomic E-state index is 0.0191. The SMILES string of the molecule is Cc1cc(C)n(-c2nc(NC3CCC(F)(F)CC3)cc(N3CCOCC3COC(C)C)n2)n1. The molecule has 3 heterocycles. The zero-order chi connectivity index (χ0) is 23.6. The van der Waals surface area contributed by atoms with Crippen LogP contribution in [0.1, 0.15) is 50.9 Å². The molecule has 182 valence electrons. The Kier molecular flexibility index (Phi) is 7.13. The van der Waals surface area contributed by atoms with Crippen LogP contribution < -0.4 is 10.2 Å². The monoisotopic (exact) mass is 464 g/mol. The predicted molar refractivity (Wildman–Crippen MR) is 122 cm³/mol. The summed E-state index contributed by atoms with van der Waals surface area (Å²) in [7, 11) is 0. The first-order valence-electron chi connectivity index (χ1n) is 11.7. The first kappa shape index (κ1) is 23.8. The minimum atomic E-state index is -2.57. The van der Waals surface area contributed by atoms with Gasteiger partial charge in [-0.05, 0) is 46.6 Å². The van der Waals surface area contributed by atoms with Crippen molar-refractivity contribution in [2.24, 2.45) is 0 Å². The molecule has 0 radical (unpaired) electrons. The van der Waals surface area contributed by atoms with Gasteiger partial charge in [0.1, 0.15) is 11.6 Å². The number of aryl methyl sites for hydroxylation is 2. The Bertz CT molecular complexity index is 941. The predicted octanol–water partition coefficient (Wildman–Crippen LogP) is 3.90. The smallest absolute Gasteiger partial charge is 0.254 e. The molecule has 1 N–H and O–H groups in total. The third kappa shape index (κ3) is 5.97. The zero-order valence-corrected chi connectivity index (χ0v) is 19.9. The number of rotatable bonds is 7. The summed E-state index contributed by atoms with van der Waals surface area (Å²) in [6.07, 6.45) is 0.718. The summed E-state index contributed by atoms with van der Waals surface area (Å²) in [6.45, 7) is 10.2. The standard InChI is InChI=1S/C23H34F2N6O2/c1-15(2)33-14-19-13-32-10-9-30(19)21-12-20(26-18-5-7-23(24,25)8-6-18)27-22(28-21)31-17(4)11-16(3)29-31/h11-12,15,18-19H,5-10,13-14H2,1-4H3,(H,26,27,28). The van der Waals surface area contributed by atoms with E-state index >= 15 is 0 Å². The number of nitrogens with zero attached hydrogens (tertiary/aromatic N) is 5. The fourth-order valence-electron chi connectivity index (χ4n) is 4.36. The fourth-order valence-corrected chi connectivity index (χ4v) is 4.36. The van der Waals surface area contributed by atoms with Crippen molar-refractivity contribution in [1.29, 1.82) is 0 Å².